The standard InChI is InChI=1S/C11H17N3O3S2/c1-11(2,18-3)6-13-10(17)12-4-8-14-7(5-19-8)9(15)16/h5H,4,6H2,1-3H3,(H,15,16)(H2,12,13,17). The summed E-state index contributed by atoms with van der Waals surface area (Å²) in [6.07, 6.45) is 1.99. The van der Waals surface area contributed by atoms with Gasteiger partial charge in [0.05, 0.1) is 6.54 Å². The molecule has 0 aromatic carbocycles. The molecule has 0 aliphatic carbocycles. The lowest BCUT2D eigenvalue weighted by Crippen LogP contribution is -2.41. The molecule has 6 nitrogen and oxygen atoms in total. The van der Waals surface area contributed by atoms with Gasteiger partial charge in [-0.15, -0.1) is 11.3 Å². The number of carbonyl (C=O) groups excluding carboxylic acids is 1. The van der Waals surface area contributed by atoms with Crippen molar-refractivity contribution in [1.29, 1.82) is 0 Å². The van der Waals surface area contributed by atoms with E-state index in [4.69, 9.17) is 5.11 Å². The molecule has 0 aliphatic heterocycles. The SMILES string of the molecule is CSC(C)(C)CNC(=O)NCc1nc(C(=O)O)cs1. The first kappa shape index (κ1) is 15.8. The fraction of sp³-hybridized carbons (Fsp3) is 0.545. The van der Waals surface area contributed by atoms with Gasteiger partial charge in [-0.05, 0) is 20.1 Å². The minimum Gasteiger partial charge on any atom is -0.476 e. The summed E-state index contributed by atoms with van der Waals surface area (Å²) in [5.41, 5.74) is 0.00530. The first-order chi connectivity index (χ1) is 8.84. The number of hydrogen-bond donors (Lipinski definition) is 3. The summed E-state index contributed by atoms with van der Waals surface area (Å²) in [7, 11) is 0. The Balaban J connectivity index is 2.35. The number of thiazole rings is 1. The Morgan fingerprint density at radius 3 is 2.68 bits per heavy atom. The number of carboxylic acid groups (broad SMARTS) is 1. The number of urea groups is 1. The molecular weight excluding hydrogens is 286 g/mol. The largest absolute Gasteiger partial charge is 0.476 e. The van der Waals surface area contributed by atoms with Crippen LogP contribution in [0.4, 0.5) is 4.79 Å². The van der Waals surface area contributed by atoms with Crippen molar-refractivity contribution in [2.75, 3.05) is 12.8 Å². The first-order valence-electron chi connectivity index (χ1n) is 5.58. The van der Waals surface area contributed by atoms with Gasteiger partial charge in [0, 0.05) is 16.7 Å². The summed E-state index contributed by atoms with van der Waals surface area (Å²) < 4.78 is -0.0189. The van der Waals surface area contributed by atoms with Gasteiger partial charge in [0.2, 0.25) is 0 Å². The lowest BCUT2D eigenvalue weighted by molar-refractivity contribution is 0.0691. The molecule has 0 saturated heterocycles. The Labute approximate surface area is 120 Å². The predicted molar refractivity (Wildman–Crippen MR) is 76.9 cm³/mol. The summed E-state index contributed by atoms with van der Waals surface area (Å²) in [6.45, 7) is 4.86. The smallest absolute Gasteiger partial charge is 0.355 e. The van der Waals surface area contributed by atoms with Crippen LogP contribution in [0.25, 0.3) is 0 Å². The van der Waals surface area contributed by atoms with Crippen LogP contribution in [0.15, 0.2) is 5.38 Å². The van der Waals surface area contributed by atoms with Crippen LogP contribution in [0.2, 0.25) is 0 Å². The lowest BCUT2D eigenvalue weighted by Gasteiger charge is -2.22. The normalized spacial score (nSPS) is 11.1. The number of amides is 2. The van der Waals surface area contributed by atoms with Crippen LogP contribution in [0.5, 0.6) is 0 Å². The molecule has 0 radical (unpaired) electrons. The second-order valence-corrected chi connectivity index (χ2v) is 6.89. The molecule has 0 atom stereocenters. The van der Waals surface area contributed by atoms with E-state index < -0.39 is 5.97 Å². The van der Waals surface area contributed by atoms with Gasteiger partial charge in [-0.1, -0.05) is 0 Å². The molecule has 0 fully saturated rings. The third-order valence-corrected chi connectivity index (χ3v) is 4.50. The summed E-state index contributed by atoms with van der Waals surface area (Å²) in [5.74, 6) is -1.06. The van der Waals surface area contributed by atoms with E-state index in [1.54, 1.807) is 11.8 Å². The number of nitrogens with zero attached hydrogens (tertiary/aromatic N) is 1. The van der Waals surface area contributed by atoms with E-state index in [1.165, 1.54) is 16.7 Å². The molecule has 1 rings (SSSR count). The van der Waals surface area contributed by atoms with Crippen LogP contribution < -0.4 is 10.6 Å². The quantitative estimate of drug-likeness (QED) is 0.745. The highest BCUT2D eigenvalue weighted by Crippen LogP contribution is 2.19. The minimum atomic E-state index is -1.06. The molecule has 19 heavy (non-hydrogen) atoms. The maximum Gasteiger partial charge on any atom is 0.355 e. The van der Waals surface area contributed by atoms with E-state index in [0.29, 0.717) is 11.6 Å². The van der Waals surface area contributed by atoms with Crippen LogP contribution in [0.3, 0.4) is 0 Å². The maximum atomic E-state index is 11.5. The van der Waals surface area contributed by atoms with Gasteiger partial charge in [-0.25, -0.2) is 14.6 Å². The van der Waals surface area contributed by atoms with Crippen molar-refractivity contribution in [1.82, 2.24) is 15.6 Å². The number of nitrogens with one attached hydrogen (secondary N) is 2. The van der Waals surface area contributed by atoms with E-state index in [9.17, 15) is 9.59 Å². The molecule has 106 valence electrons. The van der Waals surface area contributed by atoms with Crippen LogP contribution in [-0.2, 0) is 6.54 Å². The lowest BCUT2D eigenvalue weighted by atomic mass is 10.2. The maximum absolute atomic E-state index is 11.5. The molecule has 0 spiro atoms. The van der Waals surface area contributed by atoms with E-state index in [-0.39, 0.29) is 23.0 Å². The number of hydrogen-bond acceptors (Lipinski definition) is 5. The number of rotatable bonds is 6. The van der Waals surface area contributed by atoms with Crippen molar-refractivity contribution in [2.45, 2.75) is 25.1 Å². The van der Waals surface area contributed by atoms with Gasteiger partial charge in [-0.3, -0.25) is 0 Å². The molecule has 0 bridgehead atoms. The third-order valence-electron chi connectivity index (χ3n) is 2.40. The summed E-state index contributed by atoms with van der Waals surface area (Å²) >= 11 is 2.88. The molecule has 1 heterocycles. The monoisotopic (exact) mass is 303 g/mol. The molecule has 8 heteroatoms. The zero-order valence-corrected chi connectivity index (χ0v) is 12.7. The molecule has 0 unspecified atom stereocenters. The number of thioether (sulfide) groups is 1. The summed E-state index contributed by atoms with van der Waals surface area (Å²) in [4.78, 5) is 26.1. The summed E-state index contributed by atoms with van der Waals surface area (Å²) in [5, 5.41) is 16.1. The molecule has 0 aliphatic rings. The summed E-state index contributed by atoms with van der Waals surface area (Å²) in [6, 6.07) is -0.283. The highest BCUT2D eigenvalue weighted by atomic mass is 32.2. The average Bonchev–Trinajstić information content (AvgIpc) is 2.83. The van der Waals surface area contributed by atoms with Gasteiger partial charge in [0.1, 0.15) is 5.01 Å². The number of carbonyl (C=O) groups is 2. The Hall–Kier alpha value is -1.28. The van der Waals surface area contributed by atoms with Crippen molar-refractivity contribution in [3.05, 3.63) is 16.1 Å². The van der Waals surface area contributed by atoms with E-state index >= 15 is 0 Å². The molecule has 2 amide bonds. The van der Waals surface area contributed by atoms with Crippen molar-refractivity contribution < 1.29 is 14.7 Å². The van der Waals surface area contributed by atoms with Crippen LogP contribution in [-0.4, -0.2) is 39.6 Å². The van der Waals surface area contributed by atoms with Crippen molar-refractivity contribution >= 4 is 35.1 Å². The zero-order chi connectivity index (χ0) is 14.5. The van der Waals surface area contributed by atoms with Gasteiger partial charge < -0.3 is 15.7 Å². The van der Waals surface area contributed by atoms with Gasteiger partial charge in [0.25, 0.3) is 0 Å². The van der Waals surface area contributed by atoms with Crippen LogP contribution >= 0.6 is 23.1 Å². The Morgan fingerprint density at radius 1 is 1.47 bits per heavy atom. The minimum absolute atomic E-state index is 0.00530. The van der Waals surface area contributed by atoms with Crippen molar-refractivity contribution in [3.63, 3.8) is 0 Å². The van der Waals surface area contributed by atoms with Gasteiger partial charge in [0.15, 0.2) is 5.69 Å². The van der Waals surface area contributed by atoms with Crippen molar-refractivity contribution in [2.24, 2.45) is 0 Å². The molecule has 1 aromatic rings. The van der Waals surface area contributed by atoms with Gasteiger partial charge >= 0.3 is 12.0 Å². The van der Waals surface area contributed by atoms with E-state index in [2.05, 4.69) is 15.6 Å². The predicted octanol–water partition coefficient (Wildman–Crippen LogP) is 1.78. The molecular formula is C11H17N3O3S2. The first-order valence-corrected chi connectivity index (χ1v) is 7.69. The average molecular weight is 303 g/mol. The Kier molecular flexibility index (Phi) is 5.61. The number of aromatic nitrogens is 1. The van der Waals surface area contributed by atoms with E-state index in [1.807, 2.05) is 20.1 Å². The van der Waals surface area contributed by atoms with Crippen LogP contribution in [0.1, 0.15) is 29.3 Å². The van der Waals surface area contributed by atoms with E-state index in [0.717, 1.165) is 0 Å². The topological polar surface area (TPSA) is 91.3 Å². The third kappa shape index (κ3) is 5.48. The van der Waals surface area contributed by atoms with Gasteiger partial charge in [-0.2, -0.15) is 11.8 Å². The molecule has 3 N–H and O–H groups in total. The number of aromatic carboxylic acids is 1. The fourth-order valence-electron chi connectivity index (χ4n) is 1.07. The second kappa shape index (κ2) is 6.76. The second-order valence-electron chi connectivity index (χ2n) is 4.43. The fourth-order valence-corrected chi connectivity index (χ4v) is 2.00. The van der Waals surface area contributed by atoms with Crippen LogP contribution in [0, 0.1) is 0 Å². The molecule has 1 aromatic heterocycles. The zero-order valence-electron chi connectivity index (χ0n) is 11.0. The number of carboxylic acids is 1. The Morgan fingerprint density at radius 2 is 2.16 bits per heavy atom. The molecule has 0 saturated carbocycles. The van der Waals surface area contributed by atoms with Crippen molar-refractivity contribution in [3.8, 4) is 0 Å². The highest BCUT2D eigenvalue weighted by molar-refractivity contribution is 7.99. The Bertz CT molecular complexity index is 460. The highest BCUT2D eigenvalue weighted by Gasteiger charge is 2.17.